The molecule has 0 fully saturated rings. The SMILES string of the molecule is CCCNC(=O)[C@@H](C)OC(=O)/C(=C/c1ccccc1)c1ccc(Cl)cc1. The first-order chi connectivity index (χ1) is 12.5. The molecule has 0 aliphatic carbocycles. The molecular weight excluding hydrogens is 350 g/mol. The van der Waals surface area contributed by atoms with Crippen molar-refractivity contribution in [3.63, 3.8) is 0 Å². The van der Waals surface area contributed by atoms with Crippen LogP contribution in [0.5, 0.6) is 0 Å². The van der Waals surface area contributed by atoms with Crippen molar-refractivity contribution in [1.82, 2.24) is 5.32 Å². The predicted molar refractivity (Wildman–Crippen MR) is 105 cm³/mol. The fourth-order valence-corrected chi connectivity index (χ4v) is 2.40. The van der Waals surface area contributed by atoms with Crippen LogP contribution in [0.2, 0.25) is 5.02 Å². The van der Waals surface area contributed by atoms with Crippen molar-refractivity contribution in [2.75, 3.05) is 6.54 Å². The van der Waals surface area contributed by atoms with E-state index in [2.05, 4.69) is 5.32 Å². The maximum absolute atomic E-state index is 12.7. The van der Waals surface area contributed by atoms with Gasteiger partial charge >= 0.3 is 5.97 Å². The highest BCUT2D eigenvalue weighted by Gasteiger charge is 2.21. The van der Waals surface area contributed by atoms with Crippen LogP contribution >= 0.6 is 11.6 Å². The zero-order chi connectivity index (χ0) is 18.9. The van der Waals surface area contributed by atoms with Crippen molar-refractivity contribution in [3.05, 3.63) is 70.7 Å². The van der Waals surface area contributed by atoms with Gasteiger partial charge in [-0.05, 0) is 42.7 Å². The lowest BCUT2D eigenvalue weighted by molar-refractivity contribution is -0.149. The molecule has 0 aromatic heterocycles. The summed E-state index contributed by atoms with van der Waals surface area (Å²) in [4.78, 5) is 24.7. The Kier molecular flexibility index (Phi) is 7.42. The lowest BCUT2D eigenvalue weighted by Gasteiger charge is -2.15. The monoisotopic (exact) mass is 371 g/mol. The molecule has 0 saturated heterocycles. The van der Waals surface area contributed by atoms with E-state index in [4.69, 9.17) is 16.3 Å². The average Bonchev–Trinajstić information content (AvgIpc) is 2.65. The van der Waals surface area contributed by atoms with Crippen molar-refractivity contribution in [2.45, 2.75) is 26.4 Å². The third-order valence-electron chi connectivity index (χ3n) is 3.69. The van der Waals surface area contributed by atoms with Crippen molar-refractivity contribution in [2.24, 2.45) is 0 Å². The number of nitrogens with one attached hydrogen (secondary N) is 1. The maximum Gasteiger partial charge on any atom is 0.339 e. The van der Waals surface area contributed by atoms with Gasteiger partial charge in [-0.1, -0.05) is 61.0 Å². The Morgan fingerprint density at radius 1 is 1.12 bits per heavy atom. The van der Waals surface area contributed by atoms with Crippen LogP contribution in [0.15, 0.2) is 54.6 Å². The minimum Gasteiger partial charge on any atom is -0.449 e. The van der Waals surface area contributed by atoms with Crippen LogP contribution in [0.1, 0.15) is 31.4 Å². The van der Waals surface area contributed by atoms with E-state index in [9.17, 15) is 9.59 Å². The molecule has 4 nitrogen and oxygen atoms in total. The third kappa shape index (κ3) is 5.74. The fourth-order valence-electron chi connectivity index (χ4n) is 2.27. The molecule has 1 N–H and O–H groups in total. The number of hydrogen-bond donors (Lipinski definition) is 1. The van der Waals surface area contributed by atoms with Crippen LogP contribution < -0.4 is 5.32 Å². The maximum atomic E-state index is 12.7. The lowest BCUT2D eigenvalue weighted by atomic mass is 10.0. The van der Waals surface area contributed by atoms with E-state index in [0.717, 1.165) is 12.0 Å². The highest BCUT2D eigenvalue weighted by molar-refractivity contribution is 6.30. The summed E-state index contributed by atoms with van der Waals surface area (Å²) in [7, 11) is 0. The molecule has 0 heterocycles. The second-order valence-corrected chi connectivity index (χ2v) is 6.25. The Hall–Kier alpha value is -2.59. The van der Waals surface area contributed by atoms with Gasteiger partial charge in [0.05, 0.1) is 5.57 Å². The molecule has 0 spiro atoms. The zero-order valence-corrected chi connectivity index (χ0v) is 15.6. The Bertz CT molecular complexity index is 770. The molecule has 2 aromatic rings. The lowest BCUT2D eigenvalue weighted by Crippen LogP contribution is -2.36. The van der Waals surface area contributed by atoms with Crippen LogP contribution in [0, 0.1) is 0 Å². The number of esters is 1. The summed E-state index contributed by atoms with van der Waals surface area (Å²) < 4.78 is 5.38. The molecule has 0 aliphatic heterocycles. The molecule has 0 unspecified atom stereocenters. The van der Waals surface area contributed by atoms with E-state index in [1.807, 2.05) is 37.3 Å². The molecule has 2 aromatic carbocycles. The van der Waals surface area contributed by atoms with E-state index >= 15 is 0 Å². The number of ether oxygens (including phenoxy) is 1. The van der Waals surface area contributed by atoms with Gasteiger partial charge < -0.3 is 10.1 Å². The number of carbonyl (C=O) groups excluding carboxylic acids is 2. The van der Waals surface area contributed by atoms with Crippen LogP contribution in [0.4, 0.5) is 0 Å². The van der Waals surface area contributed by atoms with E-state index in [1.165, 1.54) is 0 Å². The van der Waals surface area contributed by atoms with E-state index in [1.54, 1.807) is 37.3 Å². The van der Waals surface area contributed by atoms with Gasteiger partial charge in [0.15, 0.2) is 6.10 Å². The highest BCUT2D eigenvalue weighted by atomic mass is 35.5. The molecule has 1 atom stereocenters. The van der Waals surface area contributed by atoms with Crippen LogP contribution in [0.3, 0.4) is 0 Å². The minimum atomic E-state index is -0.875. The van der Waals surface area contributed by atoms with Crippen LogP contribution in [-0.4, -0.2) is 24.5 Å². The second-order valence-electron chi connectivity index (χ2n) is 5.81. The fraction of sp³-hybridized carbons (Fsp3) is 0.238. The summed E-state index contributed by atoms with van der Waals surface area (Å²) in [6.45, 7) is 4.06. The molecule has 0 bridgehead atoms. The Morgan fingerprint density at radius 2 is 1.77 bits per heavy atom. The molecule has 26 heavy (non-hydrogen) atoms. The quantitative estimate of drug-likeness (QED) is 0.447. The van der Waals surface area contributed by atoms with Gasteiger partial charge in [0.1, 0.15) is 0 Å². The van der Waals surface area contributed by atoms with Gasteiger partial charge in [-0.15, -0.1) is 0 Å². The summed E-state index contributed by atoms with van der Waals surface area (Å²) in [5, 5.41) is 3.30. The van der Waals surface area contributed by atoms with Gasteiger partial charge in [-0.3, -0.25) is 4.79 Å². The highest BCUT2D eigenvalue weighted by Crippen LogP contribution is 2.22. The topological polar surface area (TPSA) is 55.4 Å². The molecule has 136 valence electrons. The van der Waals surface area contributed by atoms with Gasteiger partial charge in [0, 0.05) is 11.6 Å². The van der Waals surface area contributed by atoms with Crippen molar-refractivity contribution in [1.29, 1.82) is 0 Å². The average molecular weight is 372 g/mol. The number of amides is 1. The van der Waals surface area contributed by atoms with Gasteiger partial charge in [-0.25, -0.2) is 4.79 Å². The first-order valence-electron chi connectivity index (χ1n) is 8.52. The largest absolute Gasteiger partial charge is 0.449 e. The third-order valence-corrected chi connectivity index (χ3v) is 3.94. The summed E-state index contributed by atoms with van der Waals surface area (Å²) in [5.41, 5.74) is 1.89. The van der Waals surface area contributed by atoms with Crippen molar-refractivity contribution < 1.29 is 14.3 Å². The first-order valence-corrected chi connectivity index (χ1v) is 8.90. The number of carbonyl (C=O) groups is 2. The predicted octanol–water partition coefficient (Wildman–Crippen LogP) is 4.34. The van der Waals surface area contributed by atoms with Gasteiger partial charge in [0.25, 0.3) is 5.91 Å². The smallest absolute Gasteiger partial charge is 0.339 e. The Morgan fingerprint density at radius 3 is 2.38 bits per heavy atom. The standard InChI is InChI=1S/C21H22ClNO3/c1-3-13-23-20(24)15(2)26-21(25)19(14-16-7-5-4-6-8-16)17-9-11-18(22)12-10-17/h4-12,14-15H,3,13H2,1-2H3,(H,23,24)/b19-14+/t15-/m1/s1. The Balaban J connectivity index is 2.26. The van der Waals surface area contributed by atoms with E-state index in [0.29, 0.717) is 22.7 Å². The normalized spacial score (nSPS) is 12.3. The number of rotatable bonds is 7. The molecule has 1 amide bonds. The van der Waals surface area contributed by atoms with E-state index in [-0.39, 0.29) is 5.91 Å². The minimum absolute atomic E-state index is 0.310. The molecule has 0 radical (unpaired) electrons. The number of hydrogen-bond acceptors (Lipinski definition) is 3. The molecule has 5 heteroatoms. The summed E-state index contributed by atoms with van der Waals surface area (Å²) >= 11 is 5.94. The Labute approximate surface area is 158 Å². The van der Waals surface area contributed by atoms with Gasteiger partial charge in [0.2, 0.25) is 0 Å². The number of benzene rings is 2. The van der Waals surface area contributed by atoms with E-state index < -0.39 is 12.1 Å². The van der Waals surface area contributed by atoms with Crippen molar-refractivity contribution >= 4 is 35.1 Å². The first kappa shape index (κ1) is 19.7. The van der Waals surface area contributed by atoms with Gasteiger partial charge in [-0.2, -0.15) is 0 Å². The van der Waals surface area contributed by atoms with Crippen LogP contribution in [-0.2, 0) is 14.3 Å². The molecule has 0 saturated carbocycles. The summed E-state index contributed by atoms with van der Waals surface area (Å²) in [6, 6.07) is 16.4. The zero-order valence-electron chi connectivity index (χ0n) is 14.9. The van der Waals surface area contributed by atoms with Crippen LogP contribution in [0.25, 0.3) is 11.6 Å². The second kappa shape index (κ2) is 9.78. The molecule has 2 rings (SSSR count). The summed E-state index contributed by atoms with van der Waals surface area (Å²) in [5.74, 6) is -0.870. The van der Waals surface area contributed by atoms with Crippen molar-refractivity contribution in [3.8, 4) is 0 Å². The number of halogens is 1. The molecular formula is C21H22ClNO3. The summed E-state index contributed by atoms with van der Waals surface area (Å²) in [6.07, 6.45) is 1.68. The molecule has 0 aliphatic rings.